The van der Waals surface area contributed by atoms with Gasteiger partial charge in [0.15, 0.2) is 0 Å². The van der Waals surface area contributed by atoms with Crippen LogP contribution in [0.25, 0.3) is 33.1 Å². The second-order valence-electron chi connectivity index (χ2n) is 8.22. The van der Waals surface area contributed by atoms with E-state index >= 15 is 0 Å². The van der Waals surface area contributed by atoms with Crippen molar-refractivity contribution in [2.75, 3.05) is 17.1 Å². The van der Waals surface area contributed by atoms with E-state index in [9.17, 15) is 9.59 Å². The van der Waals surface area contributed by atoms with Gasteiger partial charge in [-0.15, -0.1) is 23.2 Å². The van der Waals surface area contributed by atoms with E-state index in [4.69, 9.17) is 23.2 Å². The third kappa shape index (κ3) is 5.95. The van der Waals surface area contributed by atoms with E-state index in [1.807, 2.05) is 98.6 Å². The monoisotopic (exact) mass is 600 g/mol. The van der Waals surface area contributed by atoms with Crippen LogP contribution in [0, 0.1) is 0 Å². The van der Waals surface area contributed by atoms with Crippen molar-refractivity contribution in [1.29, 1.82) is 0 Å². The average molecular weight is 602 g/mol. The number of benzene rings is 2. The van der Waals surface area contributed by atoms with Crippen molar-refractivity contribution in [3.8, 4) is 0 Å². The molecule has 6 aromatic rings. The predicted octanol–water partition coefficient (Wildman–Crippen LogP) is 6.67. The van der Waals surface area contributed by atoms with Gasteiger partial charge < -0.3 is 18.4 Å². The standard InChI is InChI=1S/C14H13ClN2O.C11H8N2O.C3H6BrCl/c15-8-4-10-17-12-6-2-1-5-11(12)16-9-3-7-13(16)14(17)18;14-11-10-6-3-7-13(10)9-5-2-1-4-8(9)12-11;4-2-1-3-5/h1-3,5-7,9H,4,8,10H2;1-7H,(H,12,14);1-3H2. The van der Waals surface area contributed by atoms with Crippen LogP contribution in [0.1, 0.15) is 12.8 Å². The van der Waals surface area contributed by atoms with E-state index in [-0.39, 0.29) is 11.1 Å². The molecule has 4 heterocycles. The van der Waals surface area contributed by atoms with Gasteiger partial charge in [-0.1, -0.05) is 40.2 Å². The maximum atomic E-state index is 12.4. The summed E-state index contributed by atoms with van der Waals surface area (Å²) in [7, 11) is 0. The maximum Gasteiger partial charge on any atom is 0.275 e. The summed E-state index contributed by atoms with van der Waals surface area (Å²) in [6, 6.07) is 23.1. The van der Waals surface area contributed by atoms with Crippen LogP contribution in [-0.4, -0.2) is 35.4 Å². The number of rotatable bonds is 5. The zero-order valence-corrected chi connectivity index (χ0v) is 23.2. The normalized spacial score (nSPS) is 10.9. The van der Waals surface area contributed by atoms with Gasteiger partial charge in [0.1, 0.15) is 11.0 Å². The second kappa shape index (κ2) is 13.0. The Hall–Kier alpha value is -3.00. The smallest absolute Gasteiger partial charge is 0.275 e. The molecule has 4 aromatic heterocycles. The van der Waals surface area contributed by atoms with E-state index in [1.165, 1.54) is 0 Å². The number of hydrogen-bond acceptors (Lipinski definition) is 2. The number of aromatic nitrogens is 4. The fourth-order valence-corrected chi connectivity index (χ4v) is 5.01. The van der Waals surface area contributed by atoms with E-state index in [0.717, 1.165) is 46.1 Å². The molecule has 0 aliphatic rings. The molecule has 0 aliphatic carbocycles. The Morgan fingerprint density at radius 1 is 0.676 bits per heavy atom. The first kappa shape index (κ1) is 27.0. The molecule has 0 atom stereocenters. The lowest BCUT2D eigenvalue weighted by Gasteiger charge is -2.11. The highest BCUT2D eigenvalue weighted by atomic mass is 79.9. The lowest BCUT2D eigenvalue weighted by molar-refractivity contribution is 0.681. The fourth-order valence-electron chi connectivity index (χ4n) is 4.15. The van der Waals surface area contributed by atoms with Gasteiger partial charge in [0.25, 0.3) is 11.1 Å². The van der Waals surface area contributed by atoms with Gasteiger partial charge in [-0.25, -0.2) is 0 Å². The van der Waals surface area contributed by atoms with E-state index in [1.54, 1.807) is 0 Å². The molecule has 9 heteroatoms. The summed E-state index contributed by atoms with van der Waals surface area (Å²) in [5.41, 5.74) is 5.28. The number of nitrogens with zero attached hydrogens (tertiary/aromatic N) is 3. The molecule has 0 saturated heterocycles. The topological polar surface area (TPSA) is 63.7 Å². The zero-order chi connectivity index (χ0) is 26.2. The molecule has 37 heavy (non-hydrogen) atoms. The van der Waals surface area contributed by atoms with Crippen molar-refractivity contribution in [2.24, 2.45) is 0 Å². The first-order valence-electron chi connectivity index (χ1n) is 11.9. The Bertz CT molecular complexity index is 1730. The van der Waals surface area contributed by atoms with Crippen molar-refractivity contribution in [3.05, 3.63) is 106 Å². The molecule has 0 spiro atoms. The molecule has 0 amide bonds. The van der Waals surface area contributed by atoms with Crippen molar-refractivity contribution >= 4 is 72.2 Å². The van der Waals surface area contributed by atoms with Gasteiger partial charge in [0.2, 0.25) is 0 Å². The molecule has 0 fully saturated rings. The minimum absolute atomic E-state index is 0.0452. The first-order chi connectivity index (χ1) is 18.1. The summed E-state index contributed by atoms with van der Waals surface area (Å²) in [5, 5.41) is 1.02. The van der Waals surface area contributed by atoms with Crippen LogP contribution in [0.3, 0.4) is 0 Å². The number of alkyl halides is 3. The molecule has 0 saturated carbocycles. The molecule has 0 radical (unpaired) electrons. The molecule has 2 aromatic carbocycles. The highest BCUT2D eigenvalue weighted by Gasteiger charge is 2.09. The summed E-state index contributed by atoms with van der Waals surface area (Å²) in [6.45, 7) is 0.657. The largest absolute Gasteiger partial charge is 0.319 e. The van der Waals surface area contributed by atoms with Crippen LogP contribution in [0.15, 0.2) is 94.8 Å². The number of fused-ring (bicyclic) bond motifs is 6. The summed E-state index contributed by atoms with van der Waals surface area (Å²) < 4.78 is 5.65. The Morgan fingerprint density at radius 3 is 1.89 bits per heavy atom. The summed E-state index contributed by atoms with van der Waals surface area (Å²) in [6.07, 6.45) is 5.68. The molecule has 0 aliphatic heterocycles. The number of aryl methyl sites for hydroxylation is 1. The van der Waals surface area contributed by atoms with Gasteiger partial charge >= 0.3 is 0 Å². The first-order valence-corrected chi connectivity index (χ1v) is 14.1. The van der Waals surface area contributed by atoms with Crippen LogP contribution in [0.5, 0.6) is 0 Å². The van der Waals surface area contributed by atoms with Gasteiger partial charge in [0.05, 0.1) is 22.1 Å². The number of nitrogens with one attached hydrogen (secondary N) is 1. The van der Waals surface area contributed by atoms with Crippen LogP contribution >= 0.6 is 39.1 Å². The fraction of sp³-hybridized carbons (Fsp3) is 0.214. The highest BCUT2D eigenvalue weighted by molar-refractivity contribution is 9.09. The number of halogens is 3. The minimum Gasteiger partial charge on any atom is -0.319 e. The Labute approximate surface area is 232 Å². The zero-order valence-electron chi connectivity index (χ0n) is 20.1. The molecule has 0 unspecified atom stereocenters. The highest BCUT2D eigenvalue weighted by Crippen LogP contribution is 2.15. The number of H-pyrrole nitrogens is 1. The third-order valence-electron chi connectivity index (χ3n) is 5.82. The van der Waals surface area contributed by atoms with Gasteiger partial charge in [-0.3, -0.25) is 9.59 Å². The van der Waals surface area contributed by atoms with Crippen molar-refractivity contribution in [2.45, 2.75) is 19.4 Å². The summed E-state index contributed by atoms with van der Waals surface area (Å²) in [5.74, 6) is 1.33. The molecule has 0 bridgehead atoms. The Kier molecular flexibility index (Phi) is 9.50. The Balaban J connectivity index is 0.000000150. The van der Waals surface area contributed by atoms with Crippen LogP contribution in [0.2, 0.25) is 0 Å². The SMILES string of the molecule is ClCCCBr.O=c1[nH]c2ccccc2n2cccc12.O=c1c2cccn2c2ccccc2n1CCCCl. The molecule has 192 valence electrons. The average Bonchev–Trinajstić information content (AvgIpc) is 3.61. The summed E-state index contributed by atoms with van der Waals surface area (Å²) >= 11 is 14.2. The lowest BCUT2D eigenvalue weighted by Crippen LogP contribution is -2.22. The Morgan fingerprint density at radius 2 is 1.24 bits per heavy atom. The van der Waals surface area contributed by atoms with Crippen molar-refractivity contribution in [1.82, 2.24) is 18.4 Å². The molecular weight excluding hydrogens is 575 g/mol. The van der Waals surface area contributed by atoms with E-state index < -0.39 is 0 Å². The second-order valence-corrected chi connectivity index (χ2v) is 9.77. The van der Waals surface area contributed by atoms with E-state index in [0.29, 0.717) is 23.5 Å². The number of para-hydroxylation sites is 4. The van der Waals surface area contributed by atoms with E-state index in [2.05, 4.69) is 20.9 Å². The predicted molar refractivity (Wildman–Crippen MR) is 159 cm³/mol. The van der Waals surface area contributed by atoms with Gasteiger partial charge in [0, 0.05) is 36.0 Å². The van der Waals surface area contributed by atoms with Gasteiger partial charge in [-0.2, -0.15) is 0 Å². The number of aromatic amines is 1. The minimum atomic E-state index is -0.0475. The third-order valence-corrected chi connectivity index (χ3v) is 6.92. The van der Waals surface area contributed by atoms with Crippen LogP contribution in [-0.2, 0) is 6.54 Å². The van der Waals surface area contributed by atoms with Crippen LogP contribution in [0.4, 0.5) is 0 Å². The molecule has 1 N–H and O–H groups in total. The molecule has 6 rings (SSSR count). The number of hydrogen-bond donors (Lipinski definition) is 1. The molecular formula is C28H27BrCl2N4O2. The van der Waals surface area contributed by atoms with Crippen molar-refractivity contribution in [3.63, 3.8) is 0 Å². The maximum absolute atomic E-state index is 12.4. The quantitative estimate of drug-likeness (QED) is 0.224. The van der Waals surface area contributed by atoms with Crippen molar-refractivity contribution < 1.29 is 0 Å². The molecule has 6 nitrogen and oxygen atoms in total. The summed E-state index contributed by atoms with van der Waals surface area (Å²) in [4.78, 5) is 26.8. The van der Waals surface area contributed by atoms with Gasteiger partial charge in [-0.05, 0) is 61.4 Å². The lowest BCUT2D eigenvalue weighted by atomic mass is 10.2. The van der Waals surface area contributed by atoms with Crippen LogP contribution < -0.4 is 11.1 Å².